The Kier molecular flexibility index (Phi) is 3.97. The number of fused-ring (bicyclic) bond motifs is 1. The second-order valence-corrected chi connectivity index (χ2v) is 8.28. The molecule has 2 fully saturated rings. The van der Waals surface area contributed by atoms with Gasteiger partial charge >= 0.3 is 0 Å². The van der Waals surface area contributed by atoms with E-state index in [-0.39, 0.29) is 16.8 Å². The molecule has 0 aromatic heterocycles. The van der Waals surface area contributed by atoms with Gasteiger partial charge in [-0.25, -0.2) is 0 Å². The van der Waals surface area contributed by atoms with Crippen molar-refractivity contribution in [2.45, 2.75) is 25.4 Å². The number of hydrogen-bond donors (Lipinski definition) is 0. The highest BCUT2D eigenvalue weighted by Crippen LogP contribution is 2.75. The summed E-state index contributed by atoms with van der Waals surface area (Å²) in [5, 5.41) is 0. The van der Waals surface area contributed by atoms with Gasteiger partial charge in [-0.1, -0.05) is 64.5 Å². The maximum Gasteiger partial charge on any atom is 0.186 e. The van der Waals surface area contributed by atoms with Crippen LogP contribution < -0.4 is 0 Å². The average molecular weight is 397 g/mol. The zero-order valence-electron chi connectivity index (χ0n) is 14.4. The summed E-state index contributed by atoms with van der Waals surface area (Å²) in [5.41, 5.74) is 1.65. The van der Waals surface area contributed by atoms with Gasteiger partial charge in [-0.2, -0.15) is 0 Å². The summed E-state index contributed by atoms with van der Waals surface area (Å²) in [4.78, 5) is 12.7. The van der Waals surface area contributed by atoms with Crippen LogP contribution in [0.5, 0.6) is 0 Å². The predicted molar refractivity (Wildman–Crippen MR) is 103 cm³/mol. The number of ether oxygens (including phenoxy) is 1. The first-order chi connectivity index (χ1) is 12.0. The smallest absolute Gasteiger partial charge is 0.186 e. The molecule has 2 aromatic carbocycles. The first-order valence-electron chi connectivity index (χ1n) is 8.64. The van der Waals surface area contributed by atoms with E-state index in [0.29, 0.717) is 17.4 Å². The van der Waals surface area contributed by atoms with Crippen LogP contribution in [0.25, 0.3) is 0 Å². The molecule has 1 saturated heterocycles. The van der Waals surface area contributed by atoms with Crippen LogP contribution in [0.1, 0.15) is 35.7 Å². The number of benzene rings is 2. The number of carbonyl (C=O) groups is 1. The fourth-order valence-electron chi connectivity index (χ4n) is 4.52. The molecule has 128 valence electrons. The maximum absolute atomic E-state index is 12.7. The number of carbonyl (C=O) groups excluding carboxylic acids is 1. The second kappa shape index (κ2) is 5.93. The van der Waals surface area contributed by atoms with Crippen LogP contribution in [0.4, 0.5) is 0 Å². The molecule has 0 spiro atoms. The summed E-state index contributed by atoms with van der Waals surface area (Å²) in [6.07, 6.45) is 3.86. The van der Waals surface area contributed by atoms with E-state index in [2.05, 4.69) is 60.1 Å². The highest BCUT2D eigenvalue weighted by molar-refractivity contribution is 9.10. The number of halogens is 1. The monoisotopic (exact) mass is 396 g/mol. The van der Waals surface area contributed by atoms with Crippen molar-refractivity contribution in [1.29, 1.82) is 0 Å². The van der Waals surface area contributed by atoms with Crippen molar-refractivity contribution in [3.63, 3.8) is 0 Å². The van der Waals surface area contributed by atoms with E-state index >= 15 is 0 Å². The molecule has 25 heavy (non-hydrogen) atoms. The molecule has 0 amide bonds. The van der Waals surface area contributed by atoms with Crippen LogP contribution in [0.3, 0.4) is 0 Å². The van der Waals surface area contributed by atoms with Crippen LogP contribution in [0.15, 0.2) is 71.2 Å². The fraction of sp³-hybridized carbons (Fsp3) is 0.318. The van der Waals surface area contributed by atoms with Gasteiger partial charge in [0.1, 0.15) is 0 Å². The highest BCUT2D eigenvalue weighted by atomic mass is 79.9. The molecule has 0 bridgehead atoms. The van der Waals surface area contributed by atoms with Gasteiger partial charge in [0.2, 0.25) is 0 Å². The van der Waals surface area contributed by atoms with Crippen LogP contribution >= 0.6 is 15.9 Å². The molecular formula is C22H21BrO2. The fourth-order valence-corrected chi connectivity index (χ4v) is 5.00. The molecule has 1 aliphatic heterocycles. The summed E-state index contributed by atoms with van der Waals surface area (Å²) in [5.74, 6) is 0.885. The first kappa shape index (κ1) is 16.7. The molecule has 0 unspecified atom stereocenters. The minimum atomic E-state index is -0.275. The van der Waals surface area contributed by atoms with Crippen LogP contribution in [-0.2, 0) is 4.74 Å². The lowest BCUT2D eigenvalue weighted by Gasteiger charge is -2.30. The lowest BCUT2D eigenvalue weighted by atomic mass is 9.82. The zero-order valence-corrected chi connectivity index (χ0v) is 16.0. The summed E-state index contributed by atoms with van der Waals surface area (Å²) in [6, 6.07) is 18.1. The Labute approximate surface area is 157 Å². The zero-order chi connectivity index (χ0) is 17.7. The molecule has 2 nitrogen and oxygen atoms in total. The molecular weight excluding hydrogens is 376 g/mol. The van der Waals surface area contributed by atoms with Gasteiger partial charge in [-0.15, -0.1) is 0 Å². The molecule has 4 rings (SSSR count). The number of allylic oxidation sites excluding steroid dienone is 1. The lowest BCUT2D eigenvalue weighted by Crippen LogP contribution is -2.32. The van der Waals surface area contributed by atoms with Gasteiger partial charge in [0.25, 0.3) is 0 Å². The number of hydrogen-bond acceptors (Lipinski definition) is 2. The first-order valence-corrected chi connectivity index (χ1v) is 9.44. The Morgan fingerprint density at radius 1 is 1.12 bits per heavy atom. The Balaban J connectivity index is 1.67. The molecule has 3 heteroatoms. The standard InChI is InChI=1S/C22H21BrO2/c1-21(2)22(13-12-19(24)16-10-6-7-11-18(16)23)17(14-25-21)20(22)15-8-4-3-5-9-15/h3-13,17,20H,14H2,1-2H3/b13-12+/t17-,20-,22-/m1/s1. The molecule has 0 radical (unpaired) electrons. The van der Waals surface area contributed by atoms with Gasteiger partial charge in [-0.05, 0) is 37.6 Å². The Morgan fingerprint density at radius 3 is 2.52 bits per heavy atom. The highest BCUT2D eigenvalue weighted by Gasteiger charge is 2.74. The van der Waals surface area contributed by atoms with Gasteiger partial charge in [0.15, 0.2) is 5.78 Å². The summed E-state index contributed by atoms with van der Waals surface area (Å²) in [6.45, 7) is 5.03. The largest absolute Gasteiger partial charge is 0.374 e. The summed E-state index contributed by atoms with van der Waals surface area (Å²) in [7, 11) is 0. The van der Waals surface area contributed by atoms with Gasteiger partial charge in [0.05, 0.1) is 12.2 Å². The van der Waals surface area contributed by atoms with E-state index in [9.17, 15) is 4.79 Å². The quantitative estimate of drug-likeness (QED) is 0.510. The normalized spacial score (nSPS) is 29.6. The predicted octanol–water partition coefficient (Wildman–Crippen LogP) is 5.40. The van der Waals surface area contributed by atoms with Crippen molar-refractivity contribution >= 4 is 21.7 Å². The van der Waals surface area contributed by atoms with Crippen molar-refractivity contribution in [2.75, 3.05) is 6.61 Å². The minimum Gasteiger partial charge on any atom is -0.374 e. The third-order valence-electron chi connectivity index (χ3n) is 5.90. The maximum atomic E-state index is 12.7. The Bertz CT molecular complexity index is 840. The minimum absolute atomic E-state index is 0.0296. The number of ketones is 1. The van der Waals surface area contributed by atoms with Gasteiger partial charge in [-0.3, -0.25) is 4.79 Å². The van der Waals surface area contributed by atoms with Crippen LogP contribution in [0.2, 0.25) is 0 Å². The van der Waals surface area contributed by atoms with Crippen LogP contribution in [0, 0.1) is 11.3 Å². The van der Waals surface area contributed by atoms with Gasteiger partial charge in [0, 0.05) is 27.3 Å². The molecule has 3 atom stereocenters. The molecule has 2 aromatic rings. The van der Waals surface area contributed by atoms with Gasteiger partial charge < -0.3 is 4.74 Å². The second-order valence-electron chi connectivity index (χ2n) is 7.43. The third-order valence-corrected chi connectivity index (χ3v) is 6.59. The Hall–Kier alpha value is -1.71. The van der Waals surface area contributed by atoms with Crippen molar-refractivity contribution < 1.29 is 9.53 Å². The van der Waals surface area contributed by atoms with Crippen LogP contribution in [-0.4, -0.2) is 18.0 Å². The summed E-state index contributed by atoms with van der Waals surface area (Å²) >= 11 is 3.47. The van der Waals surface area contributed by atoms with E-state index in [0.717, 1.165) is 11.1 Å². The molecule has 0 N–H and O–H groups in total. The van der Waals surface area contributed by atoms with Crippen molar-refractivity contribution in [2.24, 2.45) is 11.3 Å². The lowest BCUT2D eigenvalue weighted by molar-refractivity contribution is -0.0155. The van der Waals surface area contributed by atoms with Crippen molar-refractivity contribution in [3.05, 3.63) is 82.3 Å². The van der Waals surface area contributed by atoms with E-state index in [1.807, 2.05) is 30.3 Å². The van der Waals surface area contributed by atoms with E-state index in [4.69, 9.17) is 4.74 Å². The third kappa shape index (κ3) is 2.52. The molecule has 2 aliphatic rings. The number of rotatable bonds is 4. The Morgan fingerprint density at radius 2 is 1.80 bits per heavy atom. The van der Waals surface area contributed by atoms with Crippen molar-refractivity contribution in [3.8, 4) is 0 Å². The average Bonchev–Trinajstić information content (AvgIpc) is 3.21. The topological polar surface area (TPSA) is 26.3 Å². The molecule has 1 aliphatic carbocycles. The SMILES string of the molecule is CC1(C)OC[C@@H]2[C@@H](c3ccccc3)[C@@]21/C=C/C(=O)c1ccccc1Br. The van der Waals surface area contributed by atoms with E-state index < -0.39 is 0 Å². The summed E-state index contributed by atoms with van der Waals surface area (Å²) < 4.78 is 6.88. The molecule has 1 heterocycles. The van der Waals surface area contributed by atoms with E-state index in [1.165, 1.54) is 5.56 Å². The molecule has 1 saturated carbocycles. The van der Waals surface area contributed by atoms with E-state index in [1.54, 1.807) is 6.08 Å². The van der Waals surface area contributed by atoms with Crippen molar-refractivity contribution in [1.82, 2.24) is 0 Å².